The van der Waals surface area contributed by atoms with Gasteiger partial charge in [0.05, 0.1) is 9.95 Å². The second kappa shape index (κ2) is 4.94. The van der Waals surface area contributed by atoms with E-state index in [-0.39, 0.29) is 27.6 Å². The maximum Gasteiger partial charge on any atom is 0.314 e. The second-order valence-electron chi connectivity index (χ2n) is 3.65. The first-order chi connectivity index (χ1) is 8.08. The van der Waals surface area contributed by atoms with Gasteiger partial charge in [-0.1, -0.05) is 29.3 Å². The van der Waals surface area contributed by atoms with Crippen LogP contribution in [0.15, 0.2) is 24.3 Å². The number of nitro benzene ring substituents is 1. The maximum absolute atomic E-state index is 10.9. The Hall–Kier alpha value is -1.26. The van der Waals surface area contributed by atoms with E-state index in [2.05, 4.69) is 0 Å². The molecule has 2 rings (SSSR count). The third-order valence-corrected chi connectivity index (χ3v) is 2.92. The van der Waals surface area contributed by atoms with Gasteiger partial charge in [-0.3, -0.25) is 10.1 Å². The van der Waals surface area contributed by atoms with Crippen LogP contribution in [0.1, 0.15) is 12.8 Å². The van der Waals surface area contributed by atoms with E-state index in [9.17, 15) is 10.1 Å². The van der Waals surface area contributed by atoms with Crippen LogP contribution in [0, 0.1) is 10.1 Å². The Morgan fingerprint density at radius 3 is 2.76 bits per heavy atom. The molecule has 0 N–H and O–H groups in total. The first-order valence-corrected chi connectivity index (χ1v) is 5.80. The molecular formula is C11H9Cl2NO3. The molecule has 17 heavy (non-hydrogen) atoms. The summed E-state index contributed by atoms with van der Waals surface area (Å²) in [4.78, 5) is 10.3. The number of halogens is 2. The molecule has 1 aromatic carbocycles. The Labute approximate surface area is 108 Å². The van der Waals surface area contributed by atoms with Crippen LogP contribution in [0.4, 0.5) is 5.69 Å². The van der Waals surface area contributed by atoms with Gasteiger partial charge in [-0.25, -0.2) is 0 Å². The van der Waals surface area contributed by atoms with Crippen molar-refractivity contribution in [2.75, 3.05) is 0 Å². The number of ether oxygens (including phenoxy) is 1. The molecule has 0 aliphatic heterocycles. The Morgan fingerprint density at radius 1 is 1.41 bits per heavy atom. The summed E-state index contributed by atoms with van der Waals surface area (Å²) in [5.74, 6) is 0.0811. The maximum atomic E-state index is 10.9. The minimum absolute atomic E-state index is 0.0811. The third-order valence-electron chi connectivity index (χ3n) is 2.42. The molecule has 0 saturated carbocycles. The molecule has 0 spiro atoms. The van der Waals surface area contributed by atoms with E-state index >= 15 is 0 Å². The third kappa shape index (κ3) is 2.70. The molecule has 0 heterocycles. The predicted molar refractivity (Wildman–Crippen MR) is 65.9 cm³/mol. The van der Waals surface area contributed by atoms with Gasteiger partial charge in [0, 0.05) is 11.1 Å². The molecule has 0 fully saturated rings. The summed E-state index contributed by atoms with van der Waals surface area (Å²) in [6, 6.07) is 2.67. The molecule has 6 heteroatoms. The summed E-state index contributed by atoms with van der Waals surface area (Å²) in [6.45, 7) is 0. The molecule has 1 unspecified atom stereocenters. The van der Waals surface area contributed by atoms with Crippen LogP contribution >= 0.6 is 23.2 Å². The van der Waals surface area contributed by atoms with Gasteiger partial charge in [0.2, 0.25) is 5.75 Å². The largest absolute Gasteiger partial charge is 0.478 e. The first kappa shape index (κ1) is 12.2. The molecule has 0 bridgehead atoms. The lowest BCUT2D eigenvalue weighted by molar-refractivity contribution is -0.386. The lowest BCUT2D eigenvalue weighted by Crippen LogP contribution is -2.11. The van der Waals surface area contributed by atoms with Crippen LogP contribution < -0.4 is 4.74 Å². The van der Waals surface area contributed by atoms with E-state index in [1.807, 2.05) is 12.2 Å². The lowest BCUT2D eigenvalue weighted by atomic mass is 10.2. The molecule has 0 amide bonds. The van der Waals surface area contributed by atoms with Crippen molar-refractivity contribution < 1.29 is 9.66 Å². The molecule has 4 nitrogen and oxygen atoms in total. The number of rotatable bonds is 3. The highest BCUT2D eigenvalue weighted by Gasteiger charge is 2.23. The van der Waals surface area contributed by atoms with Gasteiger partial charge in [0.25, 0.3) is 0 Å². The van der Waals surface area contributed by atoms with Crippen LogP contribution in [0.5, 0.6) is 5.75 Å². The van der Waals surface area contributed by atoms with Gasteiger partial charge in [0.15, 0.2) is 0 Å². The Morgan fingerprint density at radius 2 is 2.18 bits per heavy atom. The van der Waals surface area contributed by atoms with E-state index in [1.165, 1.54) is 12.1 Å². The summed E-state index contributed by atoms with van der Waals surface area (Å²) in [7, 11) is 0. The van der Waals surface area contributed by atoms with Gasteiger partial charge in [-0.05, 0) is 25.0 Å². The summed E-state index contributed by atoms with van der Waals surface area (Å²) in [6.07, 6.45) is 5.39. The molecule has 1 aromatic rings. The van der Waals surface area contributed by atoms with E-state index < -0.39 is 4.92 Å². The van der Waals surface area contributed by atoms with Crippen LogP contribution in [0.3, 0.4) is 0 Å². The van der Waals surface area contributed by atoms with Gasteiger partial charge in [0.1, 0.15) is 6.10 Å². The highest BCUT2D eigenvalue weighted by Crippen LogP contribution is 2.39. The normalized spacial score (nSPS) is 18.4. The number of nitrogens with zero attached hydrogens (tertiary/aromatic N) is 1. The molecule has 0 radical (unpaired) electrons. The topological polar surface area (TPSA) is 52.4 Å². The zero-order valence-corrected chi connectivity index (χ0v) is 10.2. The van der Waals surface area contributed by atoms with Crippen molar-refractivity contribution in [2.24, 2.45) is 0 Å². The molecule has 0 aromatic heterocycles. The highest BCUT2D eigenvalue weighted by molar-refractivity contribution is 6.36. The predicted octanol–water partition coefficient (Wildman–Crippen LogP) is 4.00. The fourth-order valence-corrected chi connectivity index (χ4v) is 2.18. The van der Waals surface area contributed by atoms with E-state index in [0.29, 0.717) is 0 Å². The molecule has 1 aliphatic rings. The average molecular weight is 274 g/mol. The van der Waals surface area contributed by atoms with Crippen molar-refractivity contribution in [3.63, 3.8) is 0 Å². The van der Waals surface area contributed by atoms with Crippen molar-refractivity contribution in [2.45, 2.75) is 18.9 Å². The fourth-order valence-electron chi connectivity index (χ4n) is 1.65. The Bertz CT molecular complexity index is 488. The summed E-state index contributed by atoms with van der Waals surface area (Å²) in [5, 5.41) is 11.3. The van der Waals surface area contributed by atoms with Crippen molar-refractivity contribution in [1.29, 1.82) is 0 Å². The monoisotopic (exact) mass is 273 g/mol. The minimum atomic E-state index is -0.550. The first-order valence-electron chi connectivity index (χ1n) is 5.04. The van der Waals surface area contributed by atoms with Crippen LogP contribution in [0.2, 0.25) is 10.0 Å². The van der Waals surface area contributed by atoms with Crippen molar-refractivity contribution in [3.05, 3.63) is 44.4 Å². The van der Waals surface area contributed by atoms with Crippen molar-refractivity contribution >= 4 is 28.9 Å². The Balaban J connectivity index is 2.36. The SMILES string of the molecule is O=[N+]([O-])c1cc(Cl)cc(Cl)c1OC1C=CCC1. The second-order valence-corrected chi connectivity index (χ2v) is 4.50. The number of nitro groups is 1. The van der Waals surface area contributed by atoms with E-state index in [1.54, 1.807) is 0 Å². The summed E-state index contributed by atoms with van der Waals surface area (Å²) in [5.41, 5.74) is -0.206. The van der Waals surface area contributed by atoms with Crippen molar-refractivity contribution in [1.82, 2.24) is 0 Å². The van der Waals surface area contributed by atoms with E-state index in [0.717, 1.165) is 12.8 Å². The van der Waals surface area contributed by atoms with Gasteiger partial charge < -0.3 is 4.74 Å². The number of hydrogen-bond acceptors (Lipinski definition) is 3. The standard InChI is InChI=1S/C11H9Cl2NO3/c12-7-5-9(13)11(10(6-7)14(15)16)17-8-3-1-2-4-8/h1,3,5-6,8H,2,4H2. The number of benzene rings is 1. The highest BCUT2D eigenvalue weighted by atomic mass is 35.5. The quantitative estimate of drug-likeness (QED) is 0.475. The van der Waals surface area contributed by atoms with Gasteiger partial charge >= 0.3 is 5.69 Å². The zero-order chi connectivity index (χ0) is 12.4. The lowest BCUT2D eigenvalue weighted by Gasteiger charge is -2.13. The molecule has 1 aliphatic carbocycles. The minimum Gasteiger partial charge on any atom is -0.478 e. The summed E-state index contributed by atoms with van der Waals surface area (Å²) >= 11 is 11.6. The van der Waals surface area contributed by atoms with Crippen LogP contribution in [-0.4, -0.2) is 11.0 Å². The van der Waals surface area contributed by atoms with Crippen LogP contribution in [0.25, 0.3) is 0 Å². The molecule has 90 valence electrons. The van der Waals surface area contributed by atoms with Gasteiger partial charge in [-0.2, -0.15) is 0 Å². The van der Waals surface area contributed by atoms with Crippen LogP contribution in [-0.2, 0) is 0 Å². The zero-order valence-electron chi connectivity index (χ0n) is 8.73. The van der Waals surface area contributed by atoms with Gasteiger partial charge in [-0.15, -0.1) is 0 Å². The fraction of sp³-hybridized carbons (Fsp3) is 0.273. The molecule has 1 atom stereocenters. The number of allylic oxidation sites excluding steroid dienone is 1. The number of hydrogen-bond donors (Lipinski definition) is 0. The Kier molecular flexibility index (Phi) is 3.54. The summed E-state index contributed by atoms with van der Waals surface area (Å²) < 4.78 is 5.53. The molecule has 0 saturated heterocycles. The smallest absolute Gasteiger partial charge is 0.314 e. The average Bonchev–Trinajstić information content (AvgIpc) is 2.74. The molecular weight excluding hydrogens is 265 g/mol. The van der Waals surface area contributed by atoms with Crippen molar-refractivity contribution in [3.8, 4) is 5.75 Å². The van der Waals surface area contributed by atoms with E-state index in [4.69, 9.17) is 27.9 Å².